The zero-order valence-corrected chi connectivity index (χ0v) is 22.0. The molecule has 2 aromatic heterocycles. The smallest absolute Gasteiger partial charge is 0.251 e. The fraction of sp³-hybridized carbons (Fsp3) is 0.375. The molecule has 0 amide bonds. The molecule has 5 nitrogen and oxygen atoms in total. The van der Waals surface area contributed by atoms with Crippen LogP contribution in [0, 0.1) is 0 Å². The minimum Gasteiger partial charge on any atom is -0.414 e. The van der Waals surface area contributed by atoms with E-state index in [1.807, 2.05) is 48.9 Å². The fourth-order valence-corrected chi connectivity index (χ4v) is 4.62. The van der Waals surface area contributed by atoms with Crippen molar-refractivity contribution in [3.05, 3.63) is 75.8 Å². The molecule has 0 aliphatic carbocycles. The fourth-order valence-electron chi connectivity index (χ4n) is 3.06. The standard InChI is InChI=1S/C24H30ClN3O2SSi/c1-24(2,3)32(5,6)30-16-21(18-8-7-9-19(25)14-18)28-13-11-17(15-22(28)29)20-10-12-26-23(27-20)31-4/h7-15,21H,16H2,1-6H3. The van der Waals surface area contributed by atoms with E-state index >= 15 is 0 Å². The highest BCUT2D eigenvalue weighted by Crippen LogP contribution is 2.37. The minimum atomic E-state index is -2.01. The summed E-state index contributed by atoms with van der Waals surface area (Å²) in [6.07, 6.45) is 5.45. The van der Waals surface area contributed by atoms with Crippen LogP contribution < -0.4 is 5.56 Å². The molecular weight excluding hydrogens is 458 g/mol. The lowest BCUT2D eigenvalue weighted by Gasteiger charge is -2.37. The number of halogens is 1. The van der Waals surface area contributed by atoms with Crippen LogP contribution in [0.5, 0.6) is 0 Å². The molecule has 1 aromatic carbocycles. The first-order valence-corrected chi connectivity index (χ1v) is 15.0. The summed E-state index contributed by atoms with van der Waals surface area (Å²) in [5.41, 5.74) is 2.32. The molecule has 0 N–H and O–H groups in total. The van der Waals surface area contributed by atoms with E-state index in [1.54, 1.807) is 16.8 Å². The van der Waals surface area contributed by atoms with Gasteiger partial charge in [-0.2, -0.15) is 0 Å². The lowest BCUT2D eigenvalue weighted by Crippen LogP contribution is -2.43. The Bertz CT molecular complexity index is 1140. The number of nitrogens with zero attached hydrogens (tertiary/aromatic N) is 3. The van der Waals surface area contributed by atoms with Crippen molar-refractivity contribution in [1.82, 2.24) is 14.5 Å². The summed E-state index contributed by atoms with van der Waals surface area (Å²) in [5.74, 6) is 0. The largest absolute Gasteiger partial charge is 0.414 e. The van der Waals surface area contributed by atoms with Crippen molar-refractivity contribution in [2.75, 3.05) is 12.9 Å². The van der Waals surface area contributed by atoms with Gasteiger partial charge in [-0.3, -0.25) is 4.79 Å². The first kappa shape index (κ1) is 24.7. The van der Waals surface area contributed by atoms with Crippen LogP contribution in [0.3, 0.4) is 0 Å². The van der Waals surface area contributed by atoms with Crippen molar-refractivity contribution >= 4 is 31.7 Å². The summed E-state index contributed by atoms with van der Waals surface area (Å²) in [5, 5.41) is 1.38. The van der Waals surface area contributed by atoms with Gasteiger partial charge in [-0.1, -0.05) is 56.3 Å². The molecule has 0 spiro atoms. The zero-order chi connectivity index (χ0) is 23.5. The number of rotatable bonds is 7. The number of thioether (sulfide) groups is 1. The maximum Gasteiger partial charge on any atom is 0.251 e. The molecule has 0 aliphatic heterocycles. The summed E-state index contributed by atoms with van der Waals surface area (Å²) in [4.78, 5) is 21.9. The van der Waals surface area contributed by atoms with Gasteiger partial charge in [0.15, 0.2) is 13.5 Å². The molecule has 1 atom stereocenters. The van der Waals surface area contributed by atoms with Crippen LogP contribution in [0.25, 0.3) is 11.3 Å². The Kier molecular flexibility index (Phi) is 7.65. The SMILES string of the molecule is CSc1nccc(-c2ccn(C(CO[Si](C)(C)C(C)(C)C)c3cccc(Cl)c3)c(=O)c2)n1. The normalized spacial score (nSPS) is 13.2. The van der Waals surface area contributed by atoms with Crippen LogP contribution >= 0.6 is 23.4 Å². The molecule has 0 fully saturated rings. The third-order valence-electron chi connectivity index (χ3n) is 6.04. The van der Waals surface area contributed by atoms with Crippen molar-refractivity contribution in [2.24, 2.45) is 0 Å². The second kappa shape index (κ2) is 9.91. The molecule has 0 bridgehead atoms. The predicted octanol–water partition coefficient (Wildman–Crippen LogP) is 6.29. The van der Waals surface area contributed by atoms with Crippen LogP contribution in [0.1, 0.15) is 32.4 Å². The van der Waals surface area contributed by atoms with Gasteiger partial charge in [0.05, 0.1) is 18.3 Å². The number of aromatic nitrogens is 3. The third kappa shape index (κ3) is 5.70. The van der Waals surface area contributed by atoms with Crippen molar-refractivity contribution < 1.29 is 4.43 Å². The molecule has 0 saturated carbocycles. The van der Waals surface area contributed by atoms with E-state index in [1.165, 1.54) is 11.8 Å². The average Bonchev–Trinajstić information content (AvgIpc) is 2.74. The Hall–Kier alpha value is -1.93. The Labute approximate surface area is 200 Å². The van der Waals surface area contributed by atoms with E-state index in [2.05, 4.69) is 43.8 Å². The Morgan fingerprint density at radius 3 is 2.56 bits per heavy atom. The molecule has 0 radical (unpaired) electrons. The van der Waals surface area contributed by atoms with Crippen LogP contribution in [0.15, 0.2) is 64.8 Å². The van der Waals surface area contributed by atoms with Crippen molar-refractivity contribution in [1.29, 1.82) is 0 Å². The maximum atomic E-state index is 13.2. The van der Waals surface area contributed by atoms with Crippen LogP contribution in [-0.2, 0) is 4.43 Å². The molecule has 3 aromatic rings. The van der Waals surface area contributed by atoms with E-state index in [4.69, 9.17) is 16.0 Å². The van der Waals surface area contributed by atoms with Gasteiger partial charge in [-0.15, -0.1) is 0 Å². The Morgan fingerprint density at radius 1 is 1.19 bits per heavy atom. The number of hydrogen-bond acceptors (Lipinski definition) is 5. The average molecular weight is 488 g/mol. The van der Waals surface area contributed by atoms with Crippen LogP contribution in [0.2, 0.25) is 23.2 Å². The second-order valence-corrected chi connectivity index (χ2v) is 15.3. The van der Waals surface area contributed by atoms with Crippen molar-refractivity contribution in [3.8, 4) is 11.3 Å². The van der Waals surface area contributed by atoms with E-state index in [0.717, 1.165) is 16.8 Å². The lowest BCUT2D eigenvalue weighted by molar-refractivity contribution is 0.246. The number of benzene rings is 1. The van der Waals surface area contributed by atoms with Gasteiger partial charge in [0, 0.05) is 29.0 Å². The summed E-state index contributed by atoms with van der Waals surface area (Å²) >= 11 is 7.75. The van der Waals surface area contributed by atoms with Gasteiger partial charge in [-0.25, -0.2) is 9.97 Å². The highest BCUT2D eigenvalue weighted by atomic mass is 35.5. The predicted molar refractivity (Wildman–Crippen MR) is 136 cm³/mol. The Balaban J connectivity index is 2.00. The van der Waals surface area contributed by atoms with Crippen molar-refractivity contribution in [2.45, 2.75) is 50.1 Å². The number of pyridine rings is 1. The topological polar surface area (TPSA) is 57.0 Å². The molecule has 3 rings (SSSR count). The van der Waals surface area contributed by atoms with E-state index in [9.17, 15) is 4.79 Å². The molecule has 32 heavy (non-hydrogen) atoms. The third-order valence-corrected chi connectivity index (χ3v) is 11.3. The van der Waals surface area contributed by atoms with Gasteiger partial charge < -0.3 is 8.99 Å². The van der Waals surface area contributed by atoms with E-state index in [0.29, 0.717) is 16.8 Å². The van der Waals surface area contributed by atoms with Crippen molar-refractivity contribution in [3.63, 3.8) is 0 Å². The monoisotopic (exact) mass is 487 g/mol. The lowest BCUT2D eigenvalue weighted by atomic mass is 10.1. The molecule has 2 heterocycles. The van der Waals surface area contributed by atoms with Gasteiger partial charge in [0.2, 0.25) is 0 Å². The quantitative estimate of drug-likeness (QED) is 0.222. The summed E-state index contributed by atoms with van der Waals surface area (Å²) in [6.45, 7) is 11.5. The first-order valence-electron chi connectivity index (χ1n) is 10.5. The maximum absolute atomic E-state index is 13.2. The minimum absolute atomic E-state index is 0.0721. The highest BCUT2D eigenvalue weighted by molar-refractivity contribution is 7.98. The van der Waals surface area contributed by atoms with Crippen LogP contribution in [-0.4, -0.2) is 35.7 Å². The van der Waals surface area contributed by atoms with Gasteiger partial charge >= 0.3 is 0 Å². The summed E-state index contributed by atoms with van der Waals surface area (Å²) < 4.78 is 8.24. The van der Waals surface area contributed by atoms with E-state index < -0.39 is 8.32 Å². The molecule has 0 saturated heterocycles. The van der Waals surface area contributed by atoms with Gasteiger partial charge in [0.1, 0.15) is 0 Å². The van der Waals surface area contributed by atoms with Crippen LogP contribution in [0.4, 0.5) is 0 Å². The molecule has 8 heteroatoms. The second-order valence-electron chi connectivity index (χ2n) is 9.23. The summed E-state index contributed by atoms with van der Waals surface area (Å²) in [7, 11) is -2.01. The zero-order valence-electron chi connectivity index (χ0n) is 19.4. The Morgan fingerprint density at radius 2 is 1.94 bits per heavy atom. The first-order chi connectivity index (χ1) is 15.0. The number of hydrogen-bond donors (Lipinski definition) is 0. The van der Waals surface area contributed by atoms with Gasteiger partial charge in [-0.05, 0) is 54.2 Å². The molecular formula is C24H30ClN3O2SSi. The van der Waals surface area contributed by atoms with E-state index in [-0.39, 0.29) is 16.6 Å². The molecule has 170 valence electrons. The molecule has 1 unspecified atom stereocenters. The molecule has 0 aliphatic rings. The van der Waals surface area contributed by atoms with Gasteiger partial charge in [0.25, 0.3) is 5.56 Å². The highest BCUT2D eigenvalue weighted by Gasteiger charge is 2.38. The summed E-state index contributed by atoms with van der Waals surface area (Å²) in [6, 6.07) is 12.7.